The highest BCUT2D eigenvalue weighted by atomic mass is 16.3. The molecule has 1 aliphatic carbocycles. The highest BCUT2D eigenvalue weighted by Crippen LogP contribution is 2.56. The van der Waals surface area contributed by atoms with Gasteiger partial charge in [-0.05, 0) is 5.56 Å². The summed E-state index contributed by atoms with van der Waals surface area (Å²) in [5.41, 5.74) is -0.462. The Morgan fingerprint density at radius 3 is 2.46 bits per heavy atom. The minimum Gasteiger partial charge on any atom is -0.374 e. The second-order valence-corrected chi connectivity index (χ2v) is 3.85. The van der Waals surface area contributed by atoms with Crippen molar-refractivity contribution in [1.29, 1.82) is 5.26 Å². The van der Waals surface area contributed by atoms with E-state index in [1.165, 1.54) is 0 Å². The maximum absolute atomic E-state index is 9.75. The Labute approximate surface area is 77.4 Å². The first-order valence-electron chi connectivity index (χ1n) is 4.32. The molecule has 0 heterocycles. The molecule has 0 spiro atoms. The van der Waals surface area contributed by atoms with Crippen LogP contribution in [-0.2, 0) is 5.41 Å². The molecule has 1 saturated carbocycles. The third-order valence-electron chi connectivity index (χ3n) is 2.99. The van der Waals surface area contributed by atoms with E-state index < -0.39 is 5.60 Å². The molecule has 66 valence electrons. The van der Waals surface area contributed by atoms with Crippen LogP contribution >= 0.6 is 0 Å². The molecule has 2 nitrogen and oxygen atoms in total. The number of rotatable bonds is 1. The molecule has 1 N–H and O–H groups in total. The lowest BCUT2D eigenvalue weighted by Gasteiger charge is -2.11. The Morgan fingerprint density at radius 2 is 2.00 bits per heavy atom. The van der Waals surface area contributed by atoms with Gasteiger partial charge in [0.25, 0.3) is 0 Å². The first-order valence-corrected chi connectivity index (χ1v) is 4.32. The van der Waals surface area contributed by atoms with Crippen molar-refractivity contribution in [2.75, 3.05) is 0 Å². The van der Waals surface area contributed by atoms with Crippen molar-refractivity contribution in [2.45, 2.75) is 24.4 Å². The molecular weight excluding hydrogens is 162 g/mol. The maximum atomic E-state index is 9.75. The predicted octanol–water partition coefficient (Wildman–Crippen LogP) is 1.60. The zero-order chi connectivity index (χ0) is 9.53. The highest BCUT2D eigenvalue weighted by molar-refractivity contribution is 5.43. The van der Waals surface area contributed by atoms with Gasteiger partial charge in [-0.2, -0.15) is 5.26 Å². The van der Waals surface area contributed by atoms with Gasteiger partial charge < -0.3 is 5.11 Å². The van der Waals surface area contributed by atoms with E-state index in [-0.39, 0.29) is 5.41 Å². The van der Waals surface area contributed by atoms with Crippen LogP contribution in [0.5, 0.6) is 0 Å². The summed E-state index contributed by atoms with van der Waals surface area (Å²) >= 11 is 0. The zero-order valence-corrected chi connectivity index (χ0v) is 7.49. The van der Waals surface area contributed by atoms with Crippen molar-refractivity contribution < 1.29 is 5.11 Å². The number of hydrogen-bond acceptors (Lipinski definition) is 2. The van der Waals surface area contributed by atoms with E-state index in [1.54, 1.807) is 0 Å². The van der Waals surface area contributed by atoms with E-state index in [2.05, 4.69) is 0 Å². The summed E-state index contributed by atoms with van der Waals surface area (Å²) in [6.07, 6.45) is 0.542. The van der Waals surface area contributed by atoms with E-state index in [9.17, 15) is 5.11 Å². The lowest BCUT2D eigenvalue weighted by atomic mass is 9.94. The maximum Gasteiger partial charge on any atom is 0.161 e. The summed E-state index contributed by atoms with van der Waals surface area (Å²) in [7, 11) is 0. The van der Waals surface area contributed by atoms with Gasteiger partial charge in [-0.1, -0.05) is 37.3 Å². The number of nitriles is 1. The fourth-order valence-electron chi connectivity index (χ4n) is 1.78. The number of aliphatic hydroxyl groups is 1. The Bertz CT molecular complexity index is 367. The van der Waals surface area contributed by atoms with Gasteiger partial charge in [0.05, 0.1) is 6.07 Å². The molecular formula is C11H11NO. The quantitative estimate of drug-likeness (QED) is 0.655. The van der Waals surface area contributed by atoms with Crippen molar-refractivity contribution in [3.05, 3.63) is 35.9 Å². The topological polar surface area (TPSA) is 44.0 Å². The Kier molecular flexibility index (Phi) is 1.49. The van der Waals surface area contributed by atoms with Crippen molar-refractivity contribution in [3.8, 4) is 6.07 Å². The van der Waals surface area contributed by atoms with Gasteiger partial charge in [0.1, 0.15) is 0 Å². The van der Waals surface area contributed by atoms with Gasteiger partial charge >= 0.3 is 0 Å². The van der Waals surface area contributed by atoms with Crippen LogP contribution in [0, 0.1) is 11.3 Å². The van der Waals surface area contributed by atoms with Gasteiger partial charge in [-0.15, -0.1) is 0 Å². The molecule has 1 fully saturated rings. The van der Waals surface area contributed by atoms with E-state index in [4.69, 9.17) is 5.26 Å². The SMILES string of the molecule is CC1(c2ccccc2)CC1(O)C#N. The molecule has 0 amide bonds. The number of benzene rings is 1. The highest BCUT2D eigenvalue weighted by Gasteiger charge is 2.65. The van der Waals surface area contributed by atoms with Crippen molar-refractivity contribution >= 4 is 0 Å². The van der Waals surface area contributed by atoms with Crippen LogP contribution in [0.25, 0.3) is 0 Å². The first-order chi connectivity index (χ1) is 6.12. The zero-order valence-electron chi connectivity index (χ0n) is 7.49. The molecule has 0 aliphatic heterocycles. The van der Waals surface area contributed by atoms with Crippen molar-refractivity contribution in [3.63, 3.8) is 0 Å². The van der Waals surface area contributed by atoms with Crippen LogP contribution < -0.4 is 0 Å². The van der Waals surface area contributed by atoms with Crippen LogP contribution in [0.3, 0.4) is 0 Å². The summed E-state index contributed by atoms with van der Waals surface area (Å²) in [5.74, 6) is 0. The molecule has 2 heteroatoms. The van der Waals surface area contributed by atoms with Crippen molar-refractivity contribution in [2.24, 2.45) is 0 Å². The minimum atomic E-state index is -1.14. The molecule has 0 radical (unpaired) electrons. The Morgan fingerprint density at radius 1 is 1.38 bits per heavy atom. The molecule has 2 atom stereocenters. The fourth-order valence-corrected chi connectivity index (χ4v) is 1.78. The Hall–Kier alpha value is -1.33. The van der Waals surface area contributed by atoms with Crippen LogP contribution in [0.4, 0.5) is 0 Å². The Balaban J connectivity index is 2.37. The molecule has 1 aromatic rings. The molecule has 0 bridgehead atoms. The minimum absolute atomic E-state index is 0.358. The molecule has 2 unspecified atom stereocenters. The molecule has 13 heavy (non-hydrogen) atoms. The van der Waals surface area contributed by atoms with Gasteiger partial charge in [-0.25, -0.2) is 0 Å². The summed E-state index contributed by atoms with van der Waals surface area (Å²) < 4.78 is 0. The van der Waals surface area contributed by atoms with Crippen LogP contribution in [0.2, 0.25) is 0 Å². The second-order valence-electron chi connectivity index (χ2n) is 3.85. The smallest absolute Gasteiger partial charge is 0.161 e. The molecule has 0 saturated heterocycles. The molecule has 0 aromatic heterocycles. The average molecular weight is 173 g/mol. The molecule has 1 aromatic carbocycles. The predicted molar refractivity (Wildman–Crippen MR) is 49.0 cm³/mol. The summed E-state index contributed by atoms with van der Waals surface area (Å²) in [5, 5.41) is 18.5. The normalized spacial score (nSPS) is 36.7. The van der Waals surface area contributed by atoms with Crippen LogP contribution in [-0.4, -0.2) is 10.7 Å². The lowest BCUT2D eigenvalue weighted by molar-refractivity contribution is 0.183. The van der Waals surface area contributed by atoms with E-state index >= 15 is 0 Å². The standard InChI is InChI=1S/C11H11NO/c1-10(7-11(10,13)8-12)9-5-3-2-4-6-9/h2-6,13H,7H2,1H3. The lowest BCUT2D eigenvalue weighted by Crippen LogP contribution is -2.18. The summed E-state index contributed by atoms with van der Waals surface area (Å²) in [6, 6.07) is 11.7. The number of hydrogen-bond donors (Lipinski definition) is 1. The largest absolute Gasteiger partial charge is 0.374 e. The third kappa shape index (κ3) is 0.976. The summed E-state index contributed by atoms with van der Waals surface area (Å²) in [4.78, 5) is 0. The molecule has 1 aliphatic rings. The van der Waals surface area contributed by atoms with E-state index in [0.29, 0.717) is 6.42 Å². The van der Waals surface area contributed by atoms with Gasteiger partial charge in [0, 0.05) is 11.8 Å². The van der Waals surface area contributed by atoms with Gasteiger partial charge in [0.2, 0.25) is 0 Å². The van der Waals surface area contributed by atoms with E-state index in [1.807, 2.05) is 43.3 Å². The van der Waals surface area contributed by atoms with Gasteiger partial charge in [0.15, 0.2) is 5.60 Å². The number of nitrogens with zero attached hydrogens (tertiary/aromatic N) is 1. The molecule has 2 rings (SSSR count). The monoisotopic (exact) mass is 173 g/mol. The van der Waals surface area contributed by atoms with Crippen molar-refractivity contribution in [1.82, 2.24) is 0 Å². The average Bonchev–Trinajstić information content (AvgIpc) is 2.74. The van der Waals surface area contributed by atoms with E-state index in [0.717, 1.165) is 5.56 Å². The summed E-state index contributed by atoms with van der Waals surface area (Å²) in [6.45, 7) is 1.92. The first kappa shape index (κ1) is 8.28. The second kappa shape index (κ2) is 2.34. The van der Waals surface area contributed by atoms with Crippen LogP contribution in [0.1, 0.15) is 18.9 Å². The van der Waals surface area contributed by atoms with Crippen LogP contribution in [0.15, 0.2) is 30.3 Å². The fraction of sp³-hybridized carbons (Fsp3) is 0.364. The third-order valence-corrected chi connectivity index (χ3v) is 2.99. The van der Waals surface area contributed by atoms with Gasteiger partial charge in [-0.3, -0.25) is 0 Å².